The quantitative estimate of drug-likeness (QED) is 0.560. The third kappa shape index (κ3) is 4.97. The van der Waals surface area contributed by atoms with Crippen LogP contribution < -0.4 is 10.2 Å². The van der Waals surface area contributed by atoms with Gasteiger partial charge in [-0.25, -0.2) is 9.37 Å². The first-order valence-corrected chi connectivity index (χ1v) is 9.03. The third-order valence-electron chi connectivity index (χ3n) is 4.34. The number of anilines is 2. The molecule has 0 bridgehead atoms. The minimum Gasteiger partial charge on any atom is -0.441 e. The van der Waals surface area contributed by atoms with Crippen molar-refractivity contribution in [1.82, 2.24) is 4.98 Å². The van der Waals surface area contributed by atoms with E-state index >= 15 is 0 Å². The Hall–Kier alpha value is -3.36. The third-order valence-corrected chi connectivity index (χ3v) is 4.34. The Bertz CT molecular complexity index is 1040. The first-order valence-electron chi connectivity index (χ1n) is 9.03. The molecule has 0 atom stereocenters. The second-order valence-corrected chi connectivity index (χ2v) is 6.77. The Morgan fingerprint density at radius 1 is 1.17 bits per heavy atom. The number of nitrogens with zero attached hydrogens (tertiary/aromatic N) is 2. The predicted octanol–water partition coefficient (Wildman–Crippen LogP) is 5.14. The number of hydrogen-bond acceptors (Lipinski definition) is 4. The van der Waals surface area contributed by atoms with E-state index < -0.39 is 23.5 Å². The molecule has 3 rings (SSSR count). The number of alkyl halides is 3. The average Bonchev–Trinajstić information content (AvgIpc) is 3.14. The Balaban J connectivity index is 1.69. The van der Waals surface area contributed by atoms with E-state index in [2.05, 4.69) is 10.3 Å². The standard InChI is InChI=1S/C21H19F4N3O2/c1-28(2)17-8-7-13(21(23,24)25)11-16(17)27-19(29)9-10-20-26-12-18(30-20)14-5-3-4-6-15(14)22/h3-8,11-12H,9-10H2,1-2H3,(H,27,29). The molecule has 1 aromatic heterocycles. The average molecular weight is 421 g/mol. The smallest absolute Gasteiger partial charge is 0.416 e. The van der Waals surface area contributed by atoms with Gasteiger partial charge >= 0.3 is 6.18 Å². The molecule has 0 saturated heterocycles. The van der Waals surface area contributed by atoms with E-state index in [4.69, 9.17) is 4.42 Å². The number of aryl methyl sites for hydroxylation is 1. The van der Waals surface area contributed by atoms with E-state index in [1.165, 1.54) is 18.3 Å². The number of aromatic nitrogens is 1. The summed E-state index contributed by atoms with van der Waals surface area (Å²) in [6, 6.07) is 9.21. The van der Waals surface area contributed by atoms with Gasteiger partial charge < -0.3 is 14.6 Å². The summed E-state index contributed by atoms with van der Waals surface area (Å²) < 4.78 is 58.3. The lowest BCUT2D eigenvalue weighted by atomic mass is 10.1. The predicted molar refractivity (Wildman–Crippen MR) is 105 cm³/mol. The maximum Gasteiger partial charge on any atom is 0.416 e. The lowest BCUT2D eigenvalue weighted by molar-refractivity contribution is -0.137. The molecule has 0 aliphatic carbocycles. The van der Waals surface area contributed by atoms with Gasteiger partial charge in [0, 0.05) is 26.9 Å². The zero-order chi connectivity index (χ0) is 21.9. The van der Waals surface area contributed by atoms with Gasteiger partial charge in [-0.05, 0) is 30.3 Å². The van der Waals surface area contributed by atoms with Crippen molar-refractivity contribution in [3.05, 3.63) is 65.9 Å². The summed E-state index contributed by atoms with van der Waals surface area (Å²) >= 11 is 0. The molecule has 1 N–H and O–H groups in total. The van der Waals surface area contributed by atoms with Crippen molar-refractivity contribution in [2.24, 2.45) is 0 Å². The fourth-order valence-electron chi connectivity index (χ4n) is 2.85. The molecule has 0 spiro atoms. The van der Waals surface area contributed by atoms with E-state index in [-0.39, 0.29) is 35.7 Å². The van der Waals surface area contributed by atoms with E-state index in [0.29, 0.717) is 5.69 Å². The second kappa shape index (κ2) is 8.56. The van der Waals surface area contributed by atoms with Crippen LogP contribution >= 0.6 is 0 Å². The summed E-state index contributed by atoms with van der Waals surface area (Å²) in [4.78, 5) is 17.9. The molecule has 0 unspecified atom stereocenters. The van der Waals surface area contributed by atoms with Crippen molar-refractivity contribution in [1.29, 1.82) is 0 Å². The molecular weight excluding hydrogens is 402 g/mol. The van der Waals surface area contributed by atoms with Gasteiger partial charge in [-0.3, -0.25) is 4.79 Å². The van der Waals surface area contributed by atoms with E-state index in [9.17, 15) is 22.4 Å². The number of halogens is 4. The molecule has 0 aliphatic rings. The monoisotopic (exact) mass is 421 g/mol. The molecule has 0 saturated carbocycles. The SMILES string of the molecule is CN(C)c1ccc(C(F)(F)F)cc1NC(=O)CCc1ncc(-c2ccccc2F)o1. The van der Waals surface area contributed by atoms with Crippen molar-refractivity contribution in [2.75, 3.05) is 24.3 Å². The van der Waals surface area contributed by atoms with Gasteiger partial charge in [0.25, 0.3) is 0 Å². The summed E-state index contributed by atoms with van der Waals surface area (Å²) in [5.41, 5.74) is -0.112. The summed E-state index contributed by atoms with van der Waals surface area (Å²) in [5.74, 6) is -0.502. The molecule has 30 heavy (non-hydrogen) atoms. The van der Waals surface area contributed by atoms with Gasteiger partial charge in [-0.15, -0.1) is 0 Å². The molecule has 5 nitrogen and oxygen atoms in total. The van der Waals surface area contributed by atoms with Crippen LogP contribution in [0.4, 0.5) is 28.9 Å². The van der Waals surface area contributed by atoms with Gasteiger partial charge in [-0.2, -0.15) is 13.2 Å². The van der Waals surface area contributed by atoms with Crippen LogP contribution in [0.1, 0.15) is 17.9 Å². The molecule has 1 amide bonds. The van der Waals surface area contributed by atoms with Crippen LogP contribution in [0.25, 0.3) is 11.3 Å². The van der Waals surface area contributed by atoms with Gasteiger partial charge in [0.15, 0.2) is 11.7 Å². The Labute approximate surface area is 170 Å². The molecule has 2 aromatic carbocycles. The minimum absolute atomic E-state index is 0.0549. The molecule has 9 heteroatoms. The molecule has 0 fully saturated rings. The first kappa shape index (κ1) is 21.4. The van der Waals surface area contributed by atoms with Crippen LogP contribution in [0.2, 0.25) is 0 Å². The van der Waals surface area contributed by atoms with Gasteiger partial charge in [0.1, 0.15) is 5.82 Å². The summed E-state index contributed by atoms with van der Waals surface area (Å²) in [7, 11) is 3.32. The number of amides is 1. The lowest BCUT2D eigenvalue weighted by Gasteiger charge is -2.19. The molecule has 158 valence electrons. The summed E-state index contributed by atoms with van der Waals surface area (Å²) in [5, 5.41) is 2.51. The zero-order valence-electron chi connectivity index (χ0n) is 16.3. The van der Waals surface area contributed by atoms with Gasteiger partial charge in [-0.1, -0.05) is 12.1 Å². The molecular formula is C21H19F4N3O2. The normalized spacial score (nSPS) is 11.4. The fraction of sp³-hybridized carbons (Fsp3) is 0.238. The van der Waals surface area contributed by atoms with Crippen molar-refractivity contribution in [2.45, 2.75) is 19.0 Å². The van der Waals surface area contributed by atoms with E-state index in [1.807, 2.05) is 0 Å². The van der Waals surface area contributed by atoms with Crippen molar-refractivity contribution >= 4 is 17.3 Å². The highest BCUT2D eigenvalue weighted by atomic mass is 19.4. The molecule has 1 heterocycles. The van der Waals surface area contributed by atoms with E-state index in [0.717, 1.165) is 12.1 Å². The summed E-state index contributed by atoms with van der Waals surface area (Å²) in [6.45, 7) is 0. The van der Waals surface area contributed by atoms with Crippen LogP contribution in [-0.2, 0) is 17.4 Å². The van der Waals surface area contributed by atoms with Gasteiger partial charge in [0.2, 0.25) is 5.91 Å². The topological polar surface area (TPSA) is 58.4 Å². The number of rotatable bonds is 6. The Morgan fingerprint density at radius 2 is 1.90 bits per heavy atom. The van der Waals surface area contributed by atoms with Crippen LogP contribution in [0.15, 0.2) is 53.1 Å². The first-order chi connectivity index (χ1) is 14.1. The molecule has 0 radical (unpaired) electrons. The fourth-order valence-corrected chi connectivity index (χ4v) is 2.85. The maximum atomic E-state index is 13.8. The van der Waals surface area contributed by atoms with Gasteiger partial charge in [0.05, 0.1) is 28.7 Å². The number of carbonyl (C=O) groups is 1. The summed E-state index contributed by atoms with van der Waals surface area (Å²) in [6.07, 6.45) is -3.12. The molecule has 3 aromatic rings. The van der Waals surface area contributed by atoms with E-state index in [1.54, 1.807) is 37.2 Å². The van der Waals surface area contributed by atoms with Crippen LogP contribution in [0, 0.1) is 5.82 Å². The second-order valence-electron chi connectivity index (χ2n) is 6.77. The van der Waals surface area contributed by atoms with Crippen molar-refractivity contribution in [3.63, 3.8) is 0 Å². The lowest BCUT2D eigenvalue weighted by Crippen LogP contribution is -2.18. The largest absolute Gasteiger partial charge is 0.441 e. The van der Waals surface area contributed by atoms with Crippen molar-refractivity contribution in [3.8, 4) is 11.3 Å². The Kier molecular flexibility index (Phi) is 6.09. The van der Waals surface area contributed by atoms with Crippen LogP contribution in [0.3, 0.4) is 0 Å². The Morgan fingerprint density at radius 3 is 2.57 bits per heavy atom. The van der Waals surface area contributed by atoms with Crippen LogP contribution in [-0.4, -0.2) is 25.0 Å². The highest BCUT2D eigenvalue weighted by Gasteiger charge is 2.31. The van der Waals surface area contributed by atoms with Crippen molar-refractivity contribution < 1.29 is 26.8 Å². The maximum absolute atomic E-state index is 13.8. The number of oxazole rings is 1. The zero-order valence-corrected chi connectivity index (χ0v) is 16.3. The highest BCUT2D eigenvalue weighted by Crippen LogP contribution is 2.35. The number of hydrogen-bond donors (Lipinski definition) is 1. The van der Waals surface area contributed by atoms with Crippen LogP contribution in [0.5, 0.6) is 0 Å². The number of carbonyl (C=O) groups excluding carboxylic acids is 1. The highest BCUT2D eigenvalue weighted by molar-refractivity contribution is 5.94. The number of benzene rings is 2. The number of nitrogens with one attached hydrogen (secondary N) is 1. The minimum atomic E-state index is -4.52. The molecule has 0 aliphatic heterocycles.